The van der Waals surface area contributed by atoms with Gasteiger partial charge in [0.1, 0.15) is 30.0 Å². The number of hydrogen-bond acceptors (Lipinski definition) is 7. The number of anilines is 1. The number of β-amino-alcohol motifs (C(OH)–C–C–N with tert-alkyl or cyclic N) is 1. The molecule has 1 aromatic heterocycles. The molecule has 9 nitrogen and oxygen atoms in total. The van der Waals surface area contributed by atoms with Gasteiger partial charge in [-0.25, -0.2) is 4.79 Å². The number of carbonyl (C=O) groups is 1. The van der Waals surface area contributed by atoms with Crippen molar-refractivity contribution < 1.29 is 28.8 Å². The number of aromatic carboxylic acids is 1. The molecule has 0 spiro atoms. The molecule has 1 aliphatic heterocycles. The maximum Gasteiger partial charge on any atom is 0.352 e. The lowest BCUT2D eigenvalue weighted by molar-refractivity contribution is 0.0691. The van der Waals surface area contributed by atoms with Crippen LogP contribution in [-0.2, 0) is 6.61 Å². The summed E-state index contributed by atoms with van der Waals surface area (Å²) in [5, 5.41) is 19.6. The third kappa shape index (κ3) is 3.51. The zero-order valence-electron chi connectivity index (χ0n) is 14.6. The van der Waals surface area contributed by atoms with E-state index in [0.717, 1.165) is 5.56 Å². The Hall–Kier alpha value is -2.76. The average Bonchev–Trinajstić information content (AvgIpc) is 3.19. The number of carboxylic acid groups (broad SMARTS) is 1. The number of aromatic nitrogens is 1. The highest BCUT2D eigenvalue weighted by atomic mass is 32.3. The van der Waals surface area contributed by atoms with E-state index in [4.69, 9.17) is 4.74 Å². The molecule has 6 N–H and O–H groups in total. The molecule has 0 saturated carbocycles. The van der Waals surface area contributed by atoms with Crippen LogP contribution in [0.25, 0.3) is 10.9 Å². The molecule has 0 amide bonds. The lowest BCUT2D eigenvalue weighted by Crippen LogP contribution is -2.26. The monoisotopic (exact) mass is 405 g/mol. The SMILES string of the molecule is O=C(O)c1cc2cc(OCc3ccccc3)c(N3CC(O)NS3(O)O)cc2[nH]1. The van der Waals surface area contributed by atoms with Gasteiger partial charge in [-0.2, -0.15) is 4.72 Å². The van der Waals surface area contributed by atoms with Crippen LogP contribution in [0.2, 0.25) is 0 Å². The smallest absolute Gasteiger partial charge is 0.352 e. The third-order valence-corrected chi connectivity index (χ3v) is 5.93. The molecular weight excluding hydrogens is 386 g/mol. The van der Waals surface area contributed by atoms with Crippen LogP contribution in [0.4, 0.5) is 5.69 Å². The number of aromatic amines is 1. The Labute approximate surface area is 161 Å². The zero-order valence-corrected chi connectivity index (χ0v) is 15.4. The number of carboxylic acids is 1. The summed E-state index contributed by atoms with van der Waals surface area (Å²) in [4.78, 5) is 14.0. The number of aliphatic hydroxyl groups excluding tert-OH is 1. The highest BCUT2D eigenvalue weighted by Crippen LogP contribution is 2.50. The zero-order chi connectivity index (χ0) is 19.9. The molecular formula is C18H19N3O6S. The van der Waals surface area contributed by atoms with Crippen LogP contribution < -0.4 is 13.8 Å². The van der Waals surface area contributed by atoms with Crippen LogP contribution in [0.3, 0.4) is 0 Å². The number of aliphatic hydroxyl groups is 1. The van der Waals surface area contributed by atoms with Gasteiger partial charge in [-0.3, -0.25) is 13.4 Å². The van der Waals surface area contributed by atoms with Crippen LogP contribution in [0.15, 0.2) is 48.5 Å². The molecule has 148 valence electrons. The minimum absolute atomic E-state index is 0.00680. The second kappa shape index (κ2) is 7.00. The van der Waals surface area contributed by atoms with Crippen molar-refractivity contribution in [1.82, 2.24) is 9.71 Å². The highest BCUT2D eigenvalue weighted by molar-refractivity contribution is 8.24. The average molecular weight is 405 g/mol. The largest absolute Gasteiger partial charge is 0.487 e. The molecule has 1 unspecified atom stereocenters. The van der Waals surface area contributed by atoms with Crippen molar-refractivity contribution in [2.24, 2.45) is 0 Å². The Morgan fingerprint density at radius 2 is 1.96 bits per heavy atom. The van der Waals surface area contributed by atoms with E-state index in [1.807, 2.05) is 30.3 Å². The Morgan fingerprint density at radius 1 is 1.21 bits per heavy atom. The summed E-state index contributed by atoms with van der Waals surface area (Å²) in [6, 6.07) is 14.1. The van der Waals surface area contributed by atoms with E-state index in [-0.39, 0.29) is 18.8 Å². The van der Waals surface area contributed by atoms with Gasteiger partial charge in [0.05, 0.1) is 6.54 Å². The molecule has 3 aromatic rings. The van der Waals surface area contributed by atoms with Gasteiger partial charge in [-0.1, -0.05) is 41.3 Å². The van der Waals surface area contributed by atoms with Crippen molar-refractivity contribution in [3.63, 3.8) is 0 Å². The Morgan fingerprint density at radius 3 is 2.61 bits per heavy atom. The summed E-state index contributed by atoms with van der Waals surface area (Å²) in [6.07, 6.45) is -1.12. The second-order valence-electron chi connectivity index (χ2n) is 6.38. The van der Waals surface area contributed by atoms with E-state index in [2.05, 4.69) is 9.71 Å². The molecule has 0 aliphatic carbocycles. The molecule has 28 heavy (non-hydrogen) atoms. The number of nitrogens with zero attached hydrogens (tertiary/aromatic N) is 1. The number of H-pyrrole nitrogens is 1. The van der Waals surface area contributed by atoms with Crippen LogP contribution in [0.1, 0.15) is 16.1 Å². The first-order valence-electron chi connectivity index (χ1n) is 8.41. The molecule has 4 rings (SSSR count). The van der Waals surface area contributed by atoms with Crippen molar-refractivity contribution >= 4 is 33.5 Å². The number of ether oxygens (including phenoxy) is 1. The van der Waals surface area contributed by atoms with Gasteiger partial charge in [0.15, 0.2) is 0 Å². The van der Waals surface area contributed by atoms with Crippen LogP contribution in [0, 0.1) is 0 Å². The summed E-state index contributed by atoms with van der Waals surface area (Å²) >= 11 is 0. The fourth-order valence-electron chi connectivity index (χ4n) is 3.09. The topological polar surface area (TPSA) is 138 Å². The second-order valence-corrected chi connectivity index (χ2v) is 8.10. The number of hydrogen-bond donors (Lipinski definition) is 6. The van der Waals surface area contributed by atoms with E-state index in [0.29, 0.717) is 22.3 Å². The van der Waals surface area contributed by atoms with E-state index in [9.17, 15) is 24.1 Å². The third-order valence-electron chi connectivity index (χ3n) is 4.38. The molecule has 2 heterocycles. The minimum atomic E-state index is -3.45. The number of nitrogens with one attached hydrogen (secondary N) is 2. The molecule has 2 aromatic carbocycles. The molecule has 10 heteroatoms. The quantitative estimate of drug-likeness (QED) is 0.381. The molecule has 1 fully saturated rings. The molecule has 1 aliphatic rings. The minimum Gasteiger partial charge on any atom is -0.487 e. The predicted molar refractivity (Wildman–Crippen MR) is 105 cm³/mol. The summed E-state index contributed by atoms with van der Waals surface area (Å²) < 4.78 is 30.0. The Bertz CT molecular complexity index is 1020. The van der Waals surface area contributed by atoms with Crippen molar-refractivity contribution in [3.05, 3.63) is 59.8 Å². The standard InChI is InChI=1S/C18H19N3O6S/c22-17-9-21(28(25,26)20-17)15-8-13-12(6-14(19-13)18(23)24)7-16(15)27-10-11-4-2-1-3-5-11/h1-8,17,19-20,22,25-26H,9-10H2,(H,23,24). The van der Waals surface area contributed by atoms with E-state index < -0.39 is 23.2 Å². The van der Waals surface area contributed by atoms with Crippen LogP contribution >= 0.6 is 11.0 Å². The summed E-state index contributed by atoms with van der Waals surface area (Å²) in [7, 11) is -3.45. The molecule has 1 saturated heterocycles. The lowest BCUT2D eigenvalue weighted by atomic mass is 10.2. The Kier molecular flexibility index (Phi) is 4.65. The molecule has 1 atom stereocenters. The van der Waals surface area contributed by atoms with Gasteiger partial charge in [0.25, 0.3) is 0 Å². The van der Waals surface area contributed by atoms with Crippen molar-refractivity contribution in [2.75, 3.05) is 10.8 Å². The van der Waals surface area contributed by atoms with Crippen molar-refractivity contribution in [1.29, 1.82) is 0 Å². The summed E-state index contributed by atoms with van der Waals surface area (Å²) in [5.41, 5.74) is 1.75. The first-order chi connectivity index (χ1) is 13.3. The predicted octanol–water partition coefficient (Wildman–Crippen LogP) is 2.75. The van der Waals surface area contributed by atoms with Crippen molar-refractivity contribution in [2.45, 2.75) is 12.8 Å². The van der Waals surface area contributed by atoms with E-state index >= 15 is 0 Å². The van der Waals surface area contributed by atoms with Gasteiger partial charge < -0.3 is 19.9 Å². The fourth-order valence-corrected chi connectivity index (χ4v) is 4.42. The van der Waals surface area contributed by atoms with Gasteiger partial charge >= 0.3 is 5.97 Å². The highest BCUT2D eigenvalue weighted by Gasteiger charge is 2.36. The lowest BCUT2D eigenvalue weighted by Gasteiger charge is -2.37. The van der Waals surface area contributed by atoms with E-state index in [1.54, 1.807) is 12.1 Å². The summed E-state index contributed by atoms with van der Waals surface area (Å²) in [5.74, 6) is -0.768. The normalized spacial score (nSPS) is 19.7. The van der Waals surface area contributed by atoms with Gasteiger partial charge in [0.2, 0.25) is 0 Å². The maximum atomic E-state index is 11.3. The van der Waals surface area contributed by atoms with Crippen LogP contribution in [-0.4, -0.2) is 43.0 Å². The van der Waals surface area contributed by atoms with E-state index in [1.165, 1.54) is 10.4 Å². The number of rotatable bonds is 5. The number of benzene rings is 2. The molecule has 0 radical (unpaired) electrons. The first-order valence-corrected chi connectivity index (χ1v) is 9.92. The van der Waals surface area contributed by atoms with Crippen molar-refractivity contribution in [3.8, 4) is 5.75 Å². The number of fused-ring (bicyclic) bond motifs is 1. The summed E-state index contributed by atoms with van der Waals surface area (Å²) in [6.45, 7) is 0.167. The fraction of sp³-hybridized carbons (Fsp3) is 0.167. The first kappa shape index (κ1) is 18.6. The van der Waals surface area contributed by atoms with Gasteiger partial charge in [-0.15, -0.1) is 0 Å². The van der Waals surface area contributed by atoms with Gasteiger partial charge in [-0.05, 0) is 23.8 Å². The Balaban J connectivity index is 1.76. The maximum absolute atomic E-state index is 11.3. The molecule has 0 bridgehead atoms. The van der Waals surface area contributed by atoms with Crippen LogP contribution in [0.5, 0.6) is 5.75 Å². The van der Waals surface area contributed by atoms with Gasteiger partial charge in [0, 0.05) is 10.9 Å².